The molecule has 0 aliphatic heterocycles. The number of imidazole rings is 1. The maximum absolute atomic E-state index is 5.26. The van der Waals surface area contributed by atoms with Crippen LogP contribution in [0.2, 0.25) is 0 Å². The van der Waals surface area contributed by atoms with Crippen LogP contribution in [0.1, 0.15) is 23.9 Å². The topological polar surface area (TPSA) is 43.0 Å². The number of hydrogen-bond donors (Lipinski definition) is 1. The van der Waals surface area contributed by atoms with E-state index in [9.17, 15) is 0 Å². The van der Waals surface area contributed by atoms with Gasteiger partial charge in [-0.05, 0) is 35.5 Å². The molecule has 0 saturated heterocycles. The lowest BCUT2D eigenvalue weighted by Gasteiger charge is -2.14. The summed E-state index contributed by atoms with van der Waals surface area (Å²) in [5.41, 5.74) is 1.15. The Hall–Kier alpha value is -1.07. The number of aromatic nitrogens is 2. The van der Waals surface area contributed by atoms with Crippen LogP contribution in [0, 0.1) is 0 Å². The van der Waals surface area contributed by atoms with Crippen LogP contribution in [0.5, 0.6) is 0 Å². The largest absolute Gasteiger partial charge is 0.457 e. The number of nitrogens with one attached hydrogen (secondary N) is 1. The standard InChI is InChI=1S/C12H16BrN3O/c1-14-10(9-5-8-17-12(9)13)3-4-11-15-6-7-16(11)2/h5-8,10,14H,3-4H2,1-2H3. The van der Waals surface area contributed by atoms with Gasteiger partial charge in [-0.2, -0.15) is 0 Å². The van der Waals surface area contributed by atoms with Gasteiger partial charge in [0, 0.05) is 37.5 Å². The minimum atomic E-state index is 0.278. The predicted molar refractivity (Wildman–Crippen MR) is 69.7 cm³/mol. The van der Waals surface area contributed by atoms with Crippen LogP contribution < -0.4 is 5.32 Å². The first-order valence-electron chi connectivity index (χ1n) is 5.58. The van der Waals surface area contributed by atoms with Gasteiger partial charge in [0.1, 0.15) is 5.82 Å². The normalized spacial score (nSPS) is 12.9. The lowest BCUT2D eigenvalue weighted by Crippen LogP contribution is -2.17. The molecule has 4 nitrogen and oxygen atoms in total. The fraction of sp³-hybridized carbons (Fsp3) is 0.417. The second kappa shape index (κ2) is 5.51. The maximum atomic E-state index is 5.26. The third kappa shape index (κ3) is 2.79. The molecule has 5 heteroatoms. The maximum Gasteiger partial charge on any atom is 0.173 e. The summed E-state index contributed by atoms with van der Waals surface area (Å²) in [6.07, 6.45) is 7.42. The fourth-order valence-electron chi connectivity index (χ4n) is 1.92. The molecule has 17 heavy (non-hydrogen) atoms. The van der Waals surface area contributed by atoms with Crippen LogP contribution in [0.4, 0.5) is 0 Å². The zero-order valence-electron chi connectivity index (χ0n) is 9.98. The van der Waals surface area contributed by atoms with E-state index < -0.39 is 0 Å². The number of aryl methyl sites for hydroxylation is 2. The van der Waals surface area contributed by atoms with E-state index in [2.05, 4.69) is 30.8 Å². The van der Waals surface area contributed by atoms with Crippen molar-refractivity contribution in [2.24, 2.45) is 7.05 Å². The van der Waals surface area contributed by atoms with Gasteiger partial charge < -0.3 is 14.3 Å². The molecular formula is C12H16BrN3O. The van der Waals surface area contributed by atoms with Crippen LogP contribution in [0.3, 0.4) is 0 Å². The number of furan rings is 1. The number of nitrogens with zero attached hydrogens (tertiary/aromatic N) is 2. The molecule has 0 saturated carbocycles. The Balaban J connectivity index is 2.02. The van der Waals surface area contributed by atoms with Gasteiger partial charge in [0.05, 0.1) is 6.26 Å². The molecule has 2 heterocycles. The molecule has 0 fully saturated rings. The van der Waals surface area contributed by atoms with E-state index in [-0.39, 0.29) is 6.04 Å². The van der Waals surface area contributed by atoms with E-state index in [0.29, 0.717) is 0 Å². The second-order valence-corrected chi connectivity index (χ2v) is 4.70. The molecule has 0 aliphatic carbocycles. The minimum absolute atomic E-state index is 0.278. The van der Waals surface area contributed by atoms with E-state index in [0.717, 1.165) is 28.9 Å². The van der Waals surface area contributed by atoms with Crippen LogP contribution in [-0.4, -0.2) is 16.6 Å². The summed E-state index contributed by atoms with van der Waals surface area (Å²) in [5, 5.41) is 3.30. The summed E-state index contributed by atoms with van der Waals surface area (Å²) < 4.78 is 8.12. The summed E-state index contributed by atoms with van der Waals surface area (Å²) in [6.45, 7) is 0. The molecule has 1 atom stereocenters. The minimum Gasteiger partial charge on any atom is -0.457 e. The monoisotopic (exact) mass is 297 g/mol. The molecule has 0 bridgehead atoms. The summed E-state index contributed by atoms with van der Waals surface area (Å²) in [7, 11) is 3.98. The molecular weight excluding hydrogens is 282 g/mol. The van der Waals surface area contributed by atoms with Gasteiger partial charge in [-0.25, -0.2) is 4.98 Å². The van der Waals surface area contributed by atoms with Crippen molar-refractivity contribution in [1.29, 1.82) is 0 Å². The lowest BCUT2D eigenvalue weighted by molar-refractivity contribution is 0.500. The number of hydrogen-bond acceptors (Lipinski definition) is 3. The Labute approximate surface area is 109 Å². The molecule has 0 aromatic carbocycles. The van der Waals surface area contributed by atoms with Crippen molar-refractivity contribution in [1.82, 2.24) is 14.9 Å². The first-order valence-corrected chi connectivity index (χ1v) is 6.38. The van der Waals surface area contributed by atoms with Gasteiger partial charge in [0.25, 0.3) is 0 Å². The van der Waals surface area contributed by atoms with Gasteiger partial charge in [0.2, 0.25) is 0 Å². The molecule has 0 spiro atoms. The highest BCUT2D eigenvalue weighted by Gasteiger charge is 2.15. The molecule has 1 unspecified atom stereocenters. The number of rotatable bonds is 5. The lowest BCUT2D eigenvalue weighted by atomic mass is 10.1. The van der Waals surface area contributed by atoms with E-state index >= 15 is 0 Å². The van der Waals surface area contributed by atoms with E-state index in [1.807, 2.05) is 32.6 Å². The van der Waals surface area contributed by atoms with Crippen LogP contribution in [0.15, 0.2) is 33.8 Å². The first kappa shape index (κ1) is 12.4. The van der Waals surface area contributed by atoms with E-state index in [1.54, 1.807) is 6.26 Å². The van der Waals surface area contributed by atoms with Crippen molar-refractivity contribution in [3.05, 3.63) is 40.8 Å². The zero-order valence-corrected chi connectivity index (χ0v) is 11.6. The van der Waals surface area contributed by atoms with Gasteiger partial charge >= 0.3 is 0 Å². The highest BCUT2D eigenvalue weighted by molar-refractivity contribution is 9.10. The number of halogens is 1. The summed E-state index contributed by atoms with van der Waals surface area (Å²) in [5.74, 6) is 1.10. The van der Waals surface area contributed by atoms with Crippen molar-refractivity contribution in [3.8, 4) is 0 Å². The molecule has 2 aromatic rings. The molecule has 2 rings (SSSR count). The van der Waals surface area contributed by atoms with Crippen molar-refractivity contribution in [3.63, 3.8) is 0 Å². The highest BCUT2D eigenvalue weighted by atomic mass is 79.9. The quantitative estimate of drug-likeness (QED) is 0.923. The molecule has 0 amide bonds. The van der Waals surface area contributed by atoms with Gasteiger partial charge in [-0.1, -0.05) is 0 Å². The summed E-state index contributed by atoms with van der Waals surface area (Å²) in [6, 6.07) is 2.27. The van der Waals surface area contributed by atoms with E-state index in [4.69, 9.17) is 4.42 Å². The van der Waals surface area contributed by atoms with Crippen molar-refractivity contribution >= 4 is 15.9 Å². The average molecular weight is 298 g/mol. The van der Waals surface area contributed by atoms with Gasteiger partial charge in [0.15, 0.2) is 4.67 Å². The second-order valence-electron chi connectivity index (χ2n) is 3.98. The Morgan fingerprint density at radius 3 is 2.94 bits per heavy atom. The zero-order chi connectivity index (χ0) is 12.3. The molecule has 92 valence electrons. The molecule has 0 radical (unpaired) electrons. The first-order chi connectivity index (χ1) is 8.22. The fourth-order valence-corrected chi connectivity index (χ4v) is 2.44. The van der Waals surface area contributed by atoms with Crippen LogP contribution >= 0.6 is 15.9 Å². The Morgan fingerprint density at radius 2 is 2.41 bits per heavy atom. The van der Waals surface area contributed by atoms with Crippen molar-refractivity contribution in [2.75, 3.05) is 7.05 Å². The average Bonchev–Trinajstić information content (AvgIpc) is 2.90. The summed E-state index contributed by atoms with van der Waals surface area (Å²) in [4.78, 5) is 4.33. The third-order valence-electron chi connectivity index (χ3n) is 2.95. The Bertz CT molecular complexity index is 478. The molecule has 2 aromatic heterocycles. The van der Waals surface area contributed by atoms with Gasteiger partial charge in [-0.3, -0.25) is 0 Å². The molecule has 1 N–H and O–H groups in total. The van der Waals surface area contributed by atoms with Gasteiger partial charge in [-0.15, -0.1) is 0 Å². The van der Waals surface area contributed by atoms with E-state index in [1.165, 1.54) is 0 Å². The summed E-state index contributed by atoms with van der Waals surface area (Å²) >= 11 is 3.41. The Morgan fingerprint density at radius 1 is 1.59 bits per heavy atom. The smallest absolute Gasteiger partial charge is 0.173 e. The van der Waals surface area contributed by atoms with Crippen molar-refractivity contribution in [2.45, 2.75) is 18.9 Å². The third-order valence-corrected chi connectivity index (χ3v) is 3.59. The SMILES string of the molecule is CNC(CCc1nccn1C)c1ccoc1Br. The molecule has 0 aliphatic rings. The van der Waals surface area contributed by atoms with Crippen molar-refractivity contribution < 1.29 is 4.42 Å². The highest BCUT2D eigenvalue weighted by Crippen LogP contribution is 2.27. The Kier molecular flexibility index (Phi) is 4.02. The van der Waals surface area contributed by atoms with Crippen LogP contribution in [-0.2, 0) is 13.5 Å². The van der Waals surface area contributed by atoms with Crippen LogP contribution in [0.25, 0.3) is 0 Å². The predicted octanol–water partition coefficient (Wildman–Crippen LogP) is 2.67.